The van der Waals surface area contributed by atoms with Crippen molar-refractivity contribution in [2.24, 2.45) is 0 Å². The lowest BCUT2D eigenvalue weighted by Crippen LogP contribution is -2.02. The third-order valence-electron chi connectivity index (χ3n) is 10.7. The van der Waals surface area contributed by atoms with Crippen LogP contribution in [0.5, 0.6) is 0 Å². The predicted octanol–water partition coefficient (Wildman–Crippen LogP) is 12.9. The van der Waals surface area contributed by atoms with Crippen molar-refractivity contribution in [3.8, 4) is 108 Å². The quantitative estimate of drug-likeness (QED) is 0.143. The van der Waals surface area contributed by atoms with Gasteiger partial charge in [0.15, 0.2) is 34.9 Å². The van der Waals surface area contributed by atoms with Gasteiger partial charge in [0.2, 0.25) is 0 Å². The molecule has 0 unspecified atom stereocenters. The van der Waals surface area contributed by atoms with Gasteiger partial charge in [0.1, 0.15) is 0 Å². The third-order valence-corrected chi connectivity index (χ3v) is 10.7. The Kier molecular flexibility index (Phi) is 10.2. The normalized spacial score (nSPS) is 10.9. The first-order valence-corrected chi connectivity index (χ1v) is 20.3. The molecule has 8 aromatic carbocycles. The summed E-state index contributed by atoms with van der Waals surface area (Å²) in [6.45, 7) is 0. The zero-order chi connectivity index (χ0) is 41.7. The molecule has 0 atom stereocenters. The van der Waals surface area contributed by atoms with E-state index in [1.165, 1.54) is 0 Å². The summed E-state index contributed by atoms with van der Waals surface area (Å²) >= 11 is 0. The summed E-state index contributed by atoms with van der Waals surface area (Å²) in [6.07, 6.45) is 0. The van der Waals surface area contributed by atoms with Gasteiger partial charge >= 0.3 is 0 Å². The van der Waals surface area contributed by atoms with E-state index in [0.29, 0.717) is 40.5 Å². The van der Waals surface area contributed by atoms with Gasteiger partial charge in [0.25, 0.3) is 0 Å². The minimum atomic E-state index is 0.534. The summed E-state index contributed by atoms with van der Waals surface area (Å²) < 4.78 is 0. The van der Waals surface area contributed by atoms with Crippen LogP contribution in [0.4, 0.5) is 0 Å². The third kappa shape index (κ3) is 7.63. The number of rotatable bonds is 9. The fraction of sp³-hybridized carbons (Fsp3) is 0. The maximum absolute atomic E-state index is 9.70. The lowest BCUT2D eigenvalue weighted by Gasteiger charge is -2.15. The van der Waals surface area contributed by atoms with Gasteiger partial charge in [-0.05, 0) is 51.6 Å². The maximum atomic E-state index is 9.70. The van der Waals surface area contributed by atoms with Gasteiger partial charge in [0.05, 0.1) is 11.6 Å². The van der Waals surface area contributed by atoms with Crippen LogP contribution in [0.3, 0.4) is 0 Å². The molecule has 10 rings (SSSR count). The minimum absolute atomic E-state index is 0.534. The molecule has 7 nitrogen and oxygen atoms in total. The monoisotopic (exact) mass is 793 g/mol. The largest absolute Gasteiger partial charge is 0.208 e. The molecule has 10 aromatic rings. The first-order valence-electron chi connectivity index (χ1n) is 20.3. The van der Waals surface area contributed by atoms with Gasteiger partial charge in [-0.15, -0.1) is 0 Å². The Hall–Kier alpha value is -8.73. The van der Waals surface area contributed by atoms with Crippen LogP contribution in [0.25, 0.3) is 102 Å². The second-order valence-electron chi connectivity index (χ2n) is 14.6. The first kappa shape index (κ1) is 37.5. The van der Waals surface area contributed by atoms with Gasteiger partial charge in [-0.3, -0.25) is 0 Å². The number of nitrogens with zero attached hydrogens (tertiary/aromatic N) is 7. The van der Waals surface area contributed by atoms with Crippen LogP contribution in [-0.2, 0) is 0 Å². The highest BCUT2D eigenvalue weighted by Gasteiger charge is 2.20. The lowest BCUT2D eigenvalue weighted by molar-refractivity contribution is 1.07. The summed E-state index contributed by atoms with van der Waals surface area (Å²) in [5, 5.41) is 9.70. The van der Waals surface area contributed by atoms with Crippen molar-refractivity contribution in [2.75, 3.05) is 0 Å². The van der Waals surface area contributed by atoms with Crippen molar-refractivity contribution >= 4 is 0 Å². The topological polar surface area (TPSA) is 101 Å². The SMILES string of the molecule is N#Cc1cccc(-c2ccccc2-c2nc(-c3ccccc3)nc(-c3ccccc3-c3cccc(-c4ccccc4-c4nc(-c5ccccc5)nc(-c5ccccc5)n4)c3)n2)c1. The fourth-order valence-electron chi connectivity index (χ4n) is 7.66. The van der Waals surface area contributed by atoms with E-state index >= 15 is 0 Å². The summed E-state index contributed by atoms with van der Waals surface area (Å²) in [5.41, 5.74) is 11.7. The highest BCUT2D eigenvalue weighted by molar-refractivity contribution is 5.88. The number of nitriles is 1. The van der Waals surface area contributed by atoms with Crippen LogP contribution in [0, 0.1) is 11.3 Å². The average Bonchev–Trinajstić information content (AvgIpc) is 3.37. The summed E-state index contributed by atoms with van der Waals surface area (Å²) in [7, 11) is 0. The number of hydrogen-bond donors (Lipinski definition) is 0. The first-order chi connectivity index (χ1) is 30.7. The fourth-order valence-corrected chi connectivity index (χ4v) is 7.66. The van der Waals surface area contributed by atoms with E-state index in [2.05, 4.69) is 54.6 Å². The molecule has 0 fully saturated rings. The molecular formula is C55H35N7. The van der Waals surface area contributed by atoms with E-state index in [-0.39, 0.29) is 0 Å². The van der Waals surface area contributed by atoms with Gasteiger partial charge in [-0.25, -0.2) is 29.9 Å². The Balaban J connectivity index is 1.10. The van der Waals surface area contributed by atoms with Crippen molar-refractivity contribution in [3.63, 3.8) is 0 Å². The second kappa shape index (κ2) is 16.9. The summed E-state index contributed by atoms with van der Waals surface area (Å²) in [4.78, 5) is 30.4. The molecule has 2 heterocycles. The van der Waals surface area contributed by atoms with E-state index in [1.54, 1.807) is 0 Å². The lowest BCUT2D eigenvalue weighted by atomic mass is 9.93. The van der Waals surface area contributed by atoms with E-state index in [0.717, 1.165) is 66.8 Å². The Bertz CT molecular complexity index is 3200. The molecule has 290 valence electrons. The van der Waals surface area contributed by atoms with Gasteiger partial charge in [0, 0.05) is 33.4 Å². The van der Waals surface area contributed by atoms with E-state index < -0.39 is 0 Å². The summed E-state index contributed by atoms with van der Waals surface area (Å²) in [5.74, 6) is 3.44. The van der Waals surface area contributed by atoms with Crippen LogP contribution in [0.1, 0.15) is 5.56 Å². The van der Waals surface area contributed by atoms with Gasteiger partial charge in [-0.1, -0.05) is 194 Å². The Morgan fingerprint density at radius 3 is 0.887 bits per heavy atom. The van der Waals surface area contributed by atoms with Crippen LogP contribution in [0.15, 0.2) is 212 Å². The van der Waals surface area contributed by atoms with Crippen molar-refractivity contribution in [3.05, 3.63) is 218 Å². The van der Waals surface area contributed by atoms with Crippen LogP contribution in [-0.4, -0.2) is 29.9 Å². The number of hydrogen-bond acceptors (Lipinski definition) is 7. The Morgan fingerprint density at radius 2 is 0.516 bits per heavy atom. The number of aromatic nitrogens is 6. The molecule has 0 bridgehead atoms. The van der Waals surface area contributed by atoms with Crippen molar-refractivity contribution in [1.29, 1.82) is 5.26 Å². The van der Waals surface area contributed by atoms with Crippen molar-refractivity contribution in [2.45, 2.75) is 0 Å². The van der Waals surface area contributed by atoms with Crippen LogP contribution >= 0.6 is 0 Å². The second-order valence-corrected chi connectivity index (χ2v) is 14.6. The van der Waals surface area contributed by atoms with E-state index in [1.807, 2.05) is 164 Å². The highest BCUT2D eigenvalue weighted by Crippen LogP contribution is 2.38. The van der Waals surface area contributed by atoms with Crippen molar-refractivity contribution < 1.29 is 0 Å². The molecule has 0 radical (unpaired) electrons. The highest BCUT2D eigenvalue weighted by atomic mass is 15.0. The maximum Gasteiger partial charge on any atom is 0.164 e. The molecule has 0 aliphatic carbocycles. The smallest absolute Gasteiger partial charge is 0.164 e. The summed E-state index contributed by atoms with van der Waals surface area (Å²) in [6, 6.07) is 72.9. The zero-order valence-corrected chi connectivity index (χ0v) is 33.3. The van der Waals surface area contributed by atoms with Gasteiger partial charge in [-0.2, -0.15) is 5.26 Å². The zero-order valence-electron chi connectivity index (χ0n) is 33.3. The van der Waals surface area contributed by atoms with E-state index in [9.17, 15) is 5.26 Å². The Morgan fingerprint density at radius 1 is 0.242 bits per heavy atom. The van der Waals surface area contributed by atoms with Gasteiger partial charge < -0.3 is 0 Å². The molecule has 0 aliphatic rings. The predicted molar refractivity (Wildman–Crippen MR) is 247 cm³/mol. The van der Waals surface area contributed by atoms with Crippen LogP contribution in [0.2, 0.25) is 0 Å². The molecule has 0 aliphatic heterocycles. The minimum Gasteiger partial charge on any atom is -0.208 e. The molecule has 2 aromatic heterocycles. The molecule has 0 saturated heterocycles. The molecule has 0 saturated carbocycles. The standard InChI is InChI=1S/C55H35N7/c56-36-37-18-16-25-41(34-37)44-28-10-13-31-47(44)54-60-52(40-23-8-3-9-24-40)61-55(62-54)49-33-15-12-30-46(49)43-27-17-26-42(35-43)45-29-11-14-32-48(45)53-58-50(38-19-4-1-5-20-38)57-51(59-53)39-21-6-2-7-22-39/h1-35H. The molecule has 7 heteroatoms. The molecule has 62 heavy (non-hydrogen) atoms. The molecule has 0 N–H and O–H groups in total. The van der Waals surface area contributed by atoms with Crippen molar-refractivity contribution in [1.82, 2.24) is 29.9 Å². The number of benzene rings is 8. The molecule has 0 spiro atoms. The Labute approximate surface area is 359 Å². The molecule has 0 amide bonds. The van der Waals surface area contributed by atoms with E-state index in [4.69, 9.17) is 29.9 Å². The van der Waals surface area contributed by atoms with Crippen LogP contribution < -0.4 is 0 Å². The molecular weight excluding hydrogens is 759 g/mol. The average molecular weight is 794 g/mol.